The van der Waals surface area contributed by atoms with Gasteiger partial charge < -0.3 is 5.32 Å². The Morgan fingerprint density at radius 1 is 1.04 bits per heavy atom. The molecule has 6 nitrogen and oxygen atoms in total. The van der Waals surface area contributed by atoms with Gasteiger partial charge in [0.05, 0.1) is 4.90 Å². The number of hydrogen-bond donors (Lipinski definition) is 1. The van der Waals surface area contributed by atoms with E-state index in [1.165, 1.54) is 39.2 Å². The second kappa shape index (κ2) is 8.07. The largest absolute Gasteiger partial charge is 0.326 e. The molecule has 2 rings (SSSR count). The van der Waals surface area contributed by atoms with Gasteiger partial charge in [-0.15, -0.1) is 0 Å². The van der Waals surface area contributed by atoms with Gasteiger partial charge in [0.2, 0.25) is 15.9 Å². The Bertz CT molecular complexity index is 946. The fourth-order valence-electron chi connectivity index (χ4n) is 2.17. The Kier molecular flexibility index (Phi) is 6.07. The minimum absolute atomic E-state index is 0.0708. The molecule has 0 saturated carbocycles. The van der Waals surface area contributed by atoms with Gasteiger partial charge in [-0.1, -0.05) is 30.3 Å². The zero-order valence-electron chi connectivity index (χ0n) is 14.8. The monoisotopic (exact) mass is 372 g/mol. The molecule has 0 aliphatic rings. The Labute approximate surface area is 153 Å². The van der Waals surface area contributed by atoms with Gasteiger partial charge in [0.1, 0.15) is 0 Å². The number of rotatable bonds is 6. The summed E-state index contributed by atoms with van der Waals surface area (Å²) in [7, 11) is -0.715. The number of allylic oxidation sites excluding steroid dienone is 1. The zero-order valence-corrected chi connectivity index (χ0v) is 15.6. The lowest BCUT2D eigenvalue weighted by molar-refractivity contribution is -0.114. The zero-order chi connectivity index (χ0) is 19.3. The quantitative estimate of drug-likeness (QED) is 0.624. The van der Waals surface area contributed by atoms with Crippen molar-refractivity contribution in [3.63, 3.8) is 0 Å². The van der Waals surface area contributed by atoms with Crippen LogP contribution >= 0.6 is 0 Å². The molecule has 136 valence electrons. The fraction of sp³-hybridized carbons (Fsp3) is 0.158. The van der Waals surface area contributed by atoms with E-state index >= 15 is 0 Å². The summed E-state index contributed by atoms with van der Waals surface area (Å²) < 4.78 is 25.4. The first kappa shape index (κ1) is 19.6. The highest BCUT2D eigenvalue weighted by atomic mass is 32.2. The van der Waals surface area contributed by atoms with Crippen LogP contribution < -0.4 is 5.32 Å². The molecule has 2 aromatic carbocycles. The van der Waals surface area contributed by atoms with Crippen molar-refractivity contribution < 1.29 is 18.0 Å². The first-order valence-corrected chi connectivity index (χ1v) is 9.27. The van der Waals surface area contributed by atoms with Gasteiger partial charge >= 0.3 is 0 Å². The lowest BCUT2D eigenvalue weighted by Gasteiger charge is -2.11. The van der Waals surface area contributed by atoms with Crippen molar-refractivity contribution in [1.82, 2.24) is 4.31 Å². The number of sulfonamides is 1. The Hall–Kier alpha value is -2.77. The van der Waals surface area contributed by atoms with Crippen molar-refractivity contribution in [1.29, 1.82) is 0 Å². The number of ketones is 1. The van der Waals surface area contributed by atoms with Crippen LogP contribution in [0.1, 0.15) is 22.8 Å². The highest BCUT2D eigenvalue weighted by molar-refractivity contribution is 7.89. The van der Waals surface area contributed by atoms with E-state index < -0.39 is 10.0 Å². The van der Waals surface area contributed by atoms with Gasteiger partial charge in [-0.3, -0.25) is 9.59 Å². The molecule has 0 aliphatic heterocycles. The van der Waals surface area contributed by atoms with Crippen molar-refractivity contribution >= 4 is 33.5 Å². The van der Waals surface area contributed by atoms with E-state index in [-0.39, 0.29) is 16.6 Å². The van der Waals surface area contributed by atoms with Crippen molar-refractivity contribution in [3.8, 4) is 0 Å². The molecule has 1 amide bonds. The maximum absolute atomic E-state index is 12.3. The Morgan fingerprint density at radius 3 is 2.27 bits per heavy atom. The summed E-state index contributed by atoms with van der Waals surface area (Å²) >= 11 is 0. The number of amides is 1. The fourth-order valence-corrected chi connectivity index (χ4v) is 3.12. The average molecular weight is 372 g/mol. The smallest absolute Gasteiger partial charge is 0.242 e. The molecule has 0 atom stereocenters. The minimum atomic E-state index is -3.59. The third kappa shape index (κ3) is 4.87. The first-order chi connectivity index (χ1) is 12.2. The van der Waals surface area contributed by atoms with Gasteiger partial charge in [-0.2, -0.15) is 0 Å². The molecule has 0 aliphatic carbocycles. The summed E-state index contributed by atoms with van der Waals surface area (Å²) in [4.78, 5) is 23.4. The predicted molar refractivity (Wildman–Crippen MR) is 101 cm³/mol. The highest BCUT2D eigenvalue weighted by Gasteiger charge is 2.18. The molecule has 0 spiro atoms. The number of carbonyl (C=O) groups excluding carboxylic acids is 2. The Balaban J connectivity index is 2.17. The first-order valence-electron chi connectivity index (χ1n) is 7.83. The predicted octanol–water partition coefficient (Wildman–Crippen LogP) is 2.79. The molecule has 0 radical (unpaired) electrons. The van der Waals surface area contributed by atoms with Crippen molar-refractivity contribution in [2.75, 3.05) is 19.4 Å². The second-order valence-corrected chi connectivity index (χ2v) is 7.97. The number of benzene rings is 2. The molecule has 7 heteroatoms. The molecule has 1 N–H and O–H groups in total. The minimum Gasteiger partial charge on any atom is -0.326 e. The van der Waals surface area contributed by atoms with Gasteiger partial charge in [0, 0.05) is 32.3 Å². The van der Waals surface area contributed by atoms with Crippen LogP contribution in [0.5, 0.6) is 0 Å². The number of nitrogens with zero attached hydrogens (tertiary/aromatic N) is 1. The lowest BCUT2D eigenvalue weighted by atomic mass is 10.1. The normalized spacial score (nSPS) is 11.7. The highest BCUT2D eigenvalue weighted by Crippen LogP contribution is 2.16. The van der Waals surface area contributed by atoms with Crippen molar-refractivity contribution in [3.05, 3.63) is 65.7 Å². The van der Waals surface area contributed by atoms with E-state index in [9.17, 15) is 18.0 Å². The van der Waals surface area contributed by atoms with Crippen molar-refractivity contribution in [2.24, 2.45) is 0 Å². The van der Waals surface area contributed by atoms with E-state index in [0.29, 0.717) is 11.3 Å². The molecule has 26 heavy (non-hydrogen) atoms. The number of anilines is 1. The van der Waals surface area contributed by atoms with Gasteiger partial charge in [-0.25, -0.2) is 12.7 Å². The molecule has 0 bridgehead atoms. The van der Waals surface area contributed by atoms with Crippen molar-refractivity contribution in [2.45, 2.75) is 11.8 Å². The molecule has 0 fully saturated rings. The summed E-state index contributed by atoms with van der Waals surface area (Å²) in [5.41, 5.74) is 1.74. The van der Waals surface area contributed by atoms with Gasteiger partial charge in [0.25, 0.3) is 0 Å². The summed E-state index contributed by atoms with van der Waals surface area (Å²) in [6, 6.07) is 12.9. The number of carbonyl (C=O) groups is 2. The standard InChI is InChI=1S/C19H20N2O4S/c1-14(22)20-17-10-7-15(8-11-17)9-12-19(23)16-5-4-6-18(13-16)26(24,25)21(2)3/h4-13H,1-3H3,(H,20,22)/b12-9+. The second-order valence-electron chi connectivity index (χ2n) is 5.82. The van der Waals surface area contributed by atoms with E-state index in [1.54, 1.807) is 42.5 Å². The molecular weight excluding hydrogens is 352 g/mol. The third-order valence-electron chi connectivity index (χ3n) is 3.56. The summed E-state index contributed by atoms with van der Waals surface area (Å²) in [5.74, 6) is -0.456. The maximum atomic E-state index is 12.3. The van der Waals surface area contributed by atoms with Gasteiger partial charge in [-0.05, 0) is 35.9 Å². The van der Waals surface area contributed by atoms with E-state index in [2.05, 4.69) is 5.32 Å². The molecule has 0 aromatic heterocycles. The number of nitrogens with one attached hydrogen (secondary N) is 1. The van der Waals surface area contributed by atoms with E-state index in [1.807, 2.05) is 0 Å². The Morgan fingerprint density at radius 2 is 1.69 bits per heavy atom. The maximum Gasteiger partial charge on any atom is 0.242 e. The third-order valence-corrected chi connectivity index (χ3v) is 5.37. The van der Waals surface area contributed by atoms with Crippen LogP contribution in [0.4, 0.5) is 5.69 Å². The van der Waals surface area contributed by atoms with E-state index in [0.717, 1.165) is 9.87 Å². The topological polar surface area (TPSA) is 83.5 Å². The SMILES string of the molecule is CC(=O)Nc1ccc(/C=C/C(=O)c2cccc(S(=O)(=O)N(C)C)c2)cc1. The molecule has 0 saturated heterocycles. The van der Waals surface area contributed by atoms with E-state index in [4.69, 9.17) is 0 Å². The van der Waals surface area contributed by atoms with Gasteiger partial charge in [0.15, 0.2) is 5.78 Å². The number of hydrogen-bond acceptors (Lipinski definition) is 4. The van der Waals surface area contributed by atoms with Crippen LogP contribution in [-0.4, -0.2) is 38.5 Å². The van der Waals surface area contributed by atoms with Crippen LogP contribution in [-0.2, 0) is 14.8 Å². The van der Waals surface area contributed by atoms with Crippen LogP contribution in [0, 0.1) is 0 Å². The van der Waals surface area contributed by atoms with Crippen LogP contribution in [0.25, 0.3) is 6.08 Å². The molecule has 0 heterocycles. The molecule has 2 aromatic rings. The average Bonchev–Trinajstić information content (AvgIpc) is 2.60. The lowest BCUT2D eigenvalue weighted by Crippen LogP contribution is -2.22. The molecule has 0 unspecified atom stereocenters. The van der Waals surface area contributed by atoms with Crippen LogP contribution in [0.15, 0.2) is 59.5 Å². The summed E-state index contributed by atoms with van der Waals surface area (Å²) in [5, 5.41) is 2.66. The van der Waals surface area contributed by atoms with Crippen LogP contribution in [0.3, 0.4) is 0 Å². The molecular formula is C19H20N2O4S. The summed E-state index contributed by atoms with van der Waals surface area (Å²) in [6.45, 7) is 1.43. The summed E-state index contributed by atoms with van der Waals surface area (Å²) in [6.07, 6.45) is 3.02. The van der Waals surface area contributed by atoms with Crippen LogP contribution in [0.2, 0.25) is 0 Å².